The molecule has 0 aliphatic carbocycles. The minimum absolute atomic E-state index is 0.122. The Morgan fingerprint density at radius 1 is 1.04 bits per heavy atom. The van der Waals surface area contributed by atoms with Crippen molar-refractivity contribution in [1.29, 1.82) is 0 Å². The Balaban J connectivity index is 1.91. The number of phenols is 1. The maximum Gasteiger partial charge on any atom is 0.282 e. The van der Waals surface area contributed by atoms with Crippen LogP contribution in [0.4, 0.5) is 0 Å². The minimum atomic E-state index is -0.208. The number of para-hydroxylation sites is 1. The highest BCUT2D eigenvalue weighted by Crippen LogP contribution is 2.25. The maximum absolute atomic E-state index is 12.9. The molecule has 0 radical (unpaired) electrons. The van der Waals surface area contributed by atoms with Gasteiger partial charge in [-0.1, -0.05) is 49.4 Å². The second-order valence-corrected chi connectivity index (χ2v) is 6.38. The number of aromatic hydroxyl groups is 1. The lowest BCUT2D eigenvalue weighted by Gasteiger charge is -2.09. The Kier molecular flexibility index (Phi) is 4.42. The molecule has 0 aliphatic heterocycles. The molecule has 4 aromatic rings. The van der Waals surface area contributed by atoms with Crippen LogP contribution in [0.25, 0.3) is 21.7 Å². The molecule has 0 unspecified atom stereocenters. The molecule has 1 N–H and O–H groups in total. The molecule has 0 fully saturated rings. The summed E-state index contributed by atoms with van der Waals surface area (Å²) in [6, 6.07) is 18.5. The molecule has 0 saturated carbocycles. The molecule has 0 saturated heterocycles. The monoisotopic (exact) mass is 357 g/mol. The Morgan fingerprint density at radius 2 is 1.78 bits per heavy atom. The van der Waals surface area contributed by atoms with Gasteiger partial charge in [0, 0.05) is 12.0 Å². The highest BCUT2D eigenvalue weighted by molar-refractivity contribution is 6.02. The Morgan fingerprint density at radius 3 is 2.59 bits per heavy atom. The SMILES string of the molecule is CCCc1nc2ccccc2c(=O)n1/N=C/c1c(O)ccc2ccccc12. The summed E-state index contributed by atoms with van der Waals surface area (Å²) in [6.45, 7) is 2.03. The lowest BCUT2D eigenvalue weighted by atomic mass is 10.0. The Bertz CT molecular complexity index is 1230. The smallest absolute Gasteiger partial charge is 0.282 e. The molecule has 27 heavy (non-hydrogen) atoms. The summed E-state index contributed by atoms with van der Waals surface area (Å²) in [7, 11) is 0. The normalized spacial score (nSPS) is 11.6. The third-order valence-corrected chi connectivity index (χ3v) is 4.54. The number of aryl methyl sites for hydroxylation is 1. The summed E-state index contributed by atoms with van der Waals surface area (Å²) in [6.07, 6.45) is 3.02. The van der Waals surface area contributed by atoms with Crippen LogP contribution in [-0.4, -0.2) is 21.0 Å². The standard InChI is InChI=1S/C22H19N3O2/c1-2-7-21-24-19-11-6-5-10-17(19)22(27)25(21)23-14-18-16-9-4-3-8-15(16)12-13-20(18)26/h3-6,8-14,26H,2,7H2,1H3/b23-14+. The average molecular weight is 357 g/mol. The van der Waals surface area contributed by atoms with Gasteiger partial charge in [-0.05, 0) is 35.4 Å². The van der Waals surface area contributed by atoms with Crippen molar-refractivity contribution in [1.82, 2.24) is 9.66 Å². The molecule has 4 rings (SSSR count). The largest absolute Gasteiger partial charge is 0.507 e. The Hall–Kier alpha value is -3.47. The summed E-state index contributed by atoms with van der Waals surface area (Å²) in [4.78, 5) is 17.6. The molecule has 0 spiro atoms. The van der Waals surface area contributed by atoms with Gasteiger partial charge in [0.2, 0.25) is 0 Å². The predicted molar refractivity (Wildman–Crippen MR) is 109 cm³/mol. The van der Waals surface area contributed by atoms with E-state index < -0.39 is 0 Å². The van der Waals surface area contributed by atoms with Gasteiger partial charge in [0.15, 0.2) is 0 Å². The molecule has 1 aromatic heterocycles. The van der Waals surface area contributed by atoms with Crippen LogP contribution in [0.2, 0.25) is 0 Å². The molecule has 1 heterocycles. The van der Waals surface area contributed by atoms with E-state index in [1.165, 1.54) is 10.9 Å². The van der Waals surface area contributed by atoms with Crippen molar-refractivity contribution in [3.05, 3.63) is 82.4 Å². The van der Waals surface area contributed by atoms with Crippen LogP contribution in [0.1, 0.15) is 24.7 Å². The highest BCUT2D eigenvalue weighted by Gasteiger charge is 2.10. The number of phenolic OH excluding ortho intramolecular Hbond substituents is 1. The first kappa shape index (κ1) is 17.0. The summed E-state index contributed by atoms with van der Waals surface area (Å²) >= 11 is 0. The Labute approximate surface area is 156 Å². The van der Waals surface area contributed by atoms with Crippen LogP contribution in [0.15, 0.2) is 70.6 Å². The number of hydrogen-bond acceptors (Lipinski definition) is 4. The van der Waals surface area contributed by atoms with Crippen LogP contribution in [0.5, 0.6) is 5.75 Å². The topological polar surface area (TPSA) is 67.5 Å². The van der Waals surface area contributed by atoms with Gasteiger partial charge in [0.05, 0.1) is 17.1 Å². The van der Waals surface area contributed by atoms with E-state index in [2.05, 4.69) is 10.1 Å². The number of rotatable bonds is 4. The van der Waals surface area contributed by atoms with Crippen LogP contribution in [0.3, 0.4) is 0 Å². The molecule has 0 atom stereocenters. The summed E-state index contributed by atoms with van der Waals surface area (Å²) in [5.74, 6) is 0.730. The molecule has 0 aliphatic rings. The summed E-state index contributed by atoms with van der Waals surface area (Å²) < 4.78 is 1.34. The molecule has 0 bridgehead atoms. The third kappa shape index (κ3) is 3.08. The molecule has 5 heteroatoms. The lowest BCUT2D eigenvalue weighted by molar-refractivity contribution is 0.475. The van der Waals surface area contributed by atoms with Crippen LogP contribution in [-0.2, 0) is 6.42 Å². The van der Waals surface area contributed by atoms with Gasteiger partial charge in [-0.2, -0.15) is 9.78 Å². The fraction of sp³-hybridized carbons (Fsp3) is 0.136. The first-order valence-corrected chi connectivity index (χ1v) is 8.95. The van der Waals surface area contributed by atoms with Gasteiger partial charge in [-0.15, -0.1) is 0 Å². The van der Waals surface area contributed by atoms with Gasteiger partial charge in [-0.3, -0.25) is 4.79 Å². The molecular weight excluding hydrogens is 338 g/mol. The van der Waals surface area contributed by atoms with Gasteiger partial charge >= 0.3 is 0 Å². The van der Waals surface area contributed by atoms with E-state index in [0.717, 1.165) is 17.2 Å². The first-order chi connectivity index (χ1) is 13.2. The minimum Gasteiger partial charge on any atom is -0.507 e. The van der Waals surface area contributed by atoms with E-state index in [1.54, 1.807) is 12.1 Å². The van der Waals surface area contributed by atoms with E-state index in [4.69, 9.17) is 0 Å². The second-order valence-electron chi connectivity index (χ2n) is 6.38. The first-order valence-electron chi connectivity index (χ1n) is 8.95. The second kappa shape index (κ2) is 7.03. The number of fused-ring (bicyclic) bond motifs is 2. The molecule has 0 amide bonds. The maximum atomic E-state index is 12.9. The zero-order valence-corrected chi connectivity index (χ0v) is 15.0. The van der Waals surface area contributed by atoms with Crippen molar-refractivity contribution >= 4 is 27.9 Å². The quantitative estimate of drug-likeness (QED) is 0.559. The number of hydrogen-bond donors (Lipinski definition) is 1. The van der Waals surface area contributed by atoms with Crippen molar-refractivity contribution in [2.24, 2.45) is 5.10 Å². The fourth-order valence-corrected chi connectivity index (χ4v) is 3.21. The van der Waals surface area contributed by atoms with Crippen molar-refractivity contribution in [3.63, 3.8) is 0 Å². The van der Waals surface area contributed by atoms with E-state index in [0.29, 0.717) is 28.7 Å². The van der Waals surface area contributed by atoms with E-state index >= 15 is 0 Å². The third-order valence-electron chi connectivity index (χ3n) is 4.54. The number of nitrogens with zero attached hydrogens (tertiary/aromatic N) is 3. The van der Waals surface area contributed by atoms with Gasteiger partial charge in [0.25, 0.3) is 5.56 Å². The number of aromatic nitrogens is 2. The average Bonchev–Trinajstić information content (AvgIpc) is 2.69. The van der Waals surface area contributed by atoms with Crippen molar-refractivity contribution in [2.75, 3.05) is 0 Å². The van der Waals surface area contributed by atoms with Crippen molar-refractivity contribution < 1.29 is 5.11 Å². The van der Waals surface area contributed by atoms with Gasteiger partial charge in [-0.25, -0.2) is 4.98 Å². The van der Waals surface area contributed by atoms with E-state index in [1.807, 2.05) is 55.5 Å². The summed E-state index contributed by atoms with van der Waals surface area (Å²) in [5.41, 5.74) is 1.04. The van der Waals surface area contributed by atoms with Gasteiger partial charge < -0.3 is 5.11 Å². The molecule has 134 valence electrons. The van der Waals surface area contributed by atoms with Crippen LogP contribution in [0, 0.1) is 0 Å². The number of benzene rings is 3. The fourth-order valence-electron chi connectivity index (χ4n) is 3.21. The molecule has 5 nitrogen and oxygen atoms in total. The van der Waals surface area contributed by atoms with Crippen molar-refractivity contribution in [2.45, 2.75) is 19.8 Å². The lowest BCUT2D eigenvalue weighted by Crippen LogP contribution is -2.22. The summed E-state index contributed by atoms with van der Waals surface area (Å²) in [5, 5.41) is 17.1. The van der Waals surface area contributed by atoms with Crippen LogP contribution < -0.4 is 5.56 Å². The van der Waals surface area contributed by atoms with Crippen LogP contribution >= 0.6 is 0 Å². The predicted octanol–water partition coefficient (Wildman–Crippen LogP) is 4.09. The molecule has 3 aromatic carbocycles. The zero-order chi connectivity index (χ0) is 18.8. The van der Waals surface area contributed by atoms with E-state index in [-0.39, 0.29) is 11.3 Å². The van der Waals surface area contributed by atoms with Gasteiger partial charge in [0.1, 0.15) is 11.6 Å². The molecular formula is C22H19N3O2. The zero-order valence-electron chi connectivity index (χ0n) is 15.0. The van der Waals surface area contributed by atoms with Crippen molar-refractivity contribution in [3.8, 4) is 5.75 Å². The highest BCUT2D eigenvalue weighted by atomic mass is 16.3. The van der Waals surface area contributed by atoms with E-state index in [9.17, 15) is 9.90 Å².